The third-order valence-corrected chi connectivity index (χ3v) is 3.16. The van der Waals surface area contributed by atoms with Crippen molar-refractivity contribution in [2.45, 2.75) is 5.75 Å². The number of nitrogens with one attached hydrogen (secondary N) is 1. The Kier molecular flexibility index (Phi) is 4.45. The summed E-state index contributed by atoms with van der Waals surface area (Å²) in [5.74, 6) is -0.762. The Balaban J connectivity index is 2.56. The highest BCUT2D eigenvalue weighted by atomic mass is 32.2. The van der Waals surface area contributed by atoms with Crippen LogP contribution in [0.1, 0.15) is 5.56 Å². The molecule has 0 fully saturated rings. The molecule has 1 aromatic carbocycles. The quantitative estimate of drug-likeness (QED) is 0.754. The highest BCUT2D eigenvalue weighted by Crippen LogP contribution is 2.03. The van der Waals surface area contributed by atoms with Crippen LogP contribution in [0.3, 0.4) is 0 Å². The lowest BCUT2D eigenvalue weighted by atomic mass is 10.2. The maximum Gasteiger partial charge on any atom is 0.320 e. The summed E-state index contributed by atoms with van der Waals surface area (Å²) >= 11 is 0. The molecule has 0 heterocycles. The predicted octanol–water partition coefficient (Wildman–Crippen LogP) is 0.279. The zero-order valence-electron chi connectivity index (χ0n) is 8.84. The number of esters is 1. The summed E-state index contributed by atoms with van der Waals surface area (Å²) in [6.45, 7) is -0.342. The fraction of sp³-hybridized carbons (Fsp3) is 0.300. The van der Waals surface area contributed by atoms with Crippen molar-refractivity contribution in [3.8, 4) is 0 Å². The van der Waals surface area contributed by atoms with Crippen molar-refractivity contribution in [2.24, 2.45) is 0 Å². The minimum atomic E-state index is -3.49. The number of methoxy groups -OCH3 is 1. The zero-order valence-corrected chi connectivity index (χ0v) is 9.66. The number of ether oxygens (including phenoxy) is 1. The van der Waals surface area contributed by atoms with Gasteiger partial charge in [0.15, 0.2) is 0 Å². The maximum atomic E-state index is 11.5. The summed E-state index contributed by atoms with van der Waals surface area (Å²) in [4.78, 5) is 10.8. The summed E-state index contributed by atoms with van der Waals surface area (Å²) in [5.41, 5.74) is 0.667. The topological polar surface area (TPSA) is 72.5 Å². The molecule has 1 aromatic rings. The minimum absolute atomic E-state index is 0.148. The molecule has 5 nitrogen and oxygen atoms in total. The van der Waals surface area contributed by atoms with Crippen LogP contribution in [0.5, 0.6) is 0 Å². The first kappa shape index (κ1) is 12.7. The van der Waals surface area contributed by atoms with E-state index in [-0.39, 0.29) is 12.3 Å². The SMILES string of the molecule is COC(=O)CNS(=O)(=O)Cc1ccccc1. The summed E-state index contributed by atoms with van der Waals surface area (Å²) in [6, 6.07) is 8.73. The Morgan fingerprint density at radius 3 is 2.50 bits per heavy atom. The van der Waals surface area contributed by atoms with Crippen LogP contribution in [0.4, 0.5) is 0 Å². The van der Waals surface area contributed by atoms with E-state index in [0.29, 0.717) is 5.56 Å². The molecule has 16 heavy (non-hydrogen) atoms. The maximum absolute atomic E-state index is 11.5. The van der Waals surface area contributed by atoms with Gasteiger partial charge >= 0.3 is 5.97 Å². The first-order valence-electron chi connectivity index (χ1n) is 4.61. The van der Waals surface area contributed by atoms with Crippen LogP contribution < -0.4 is 4.72 Å². The van der Waals surface area contributed by atoms with Gasteiger partial charge in [0.25, 0.3) is 0 Å². The van der Waals surface area contributed by atoms with E-state index in [2.05, 4.69) is 9.46 Å². The number of rotatable bonds is 5. The van der Waals surface area contributed by atoms with E-state index in [1.807, 2.05) is 0 Å². The average Bonchev–Trinajstić information content (AvgIpc) is 2.27. The van der Waals surface area contributed by atoms with Gasteiger partial charge in [-0.25, -0.2) is 13.1 Å². The predicted molar refractivity (Wildman–Crippen MR) is 59.1 cm³/mol. The molecule has 1 N–H and O–H groups in total. The van der Waals surface area contributed by atoms with E-state index < -0.39 is 16.0 Å². The van der Waals surface area contributed by atoms with Crippen molar-refractivity contribution in [1.82, 2.24) is 4.72 Å². The van der Waals surface area contributed by atoms with Gasteiger partial charge in [-0.05, 0) is 5.56 Å². The largest absolute Gasteiger partial charge is 0.468 e. The standard InChI is InChI=1S/C10H13NO4S/c1-15-10(12)7-11-16(13,14)8-9-5-3-2-4-6-9/h2-6,11H,7-8H2,1H3. The van der Waals surface area contributed by atoms with Crippen LogP contribution in [-0.2, 0) is 25.3 Å². The molecule has 0 saturated heterocycles. The third-order valence-electron chi connectivity index (χ3n) is 1.86. The van der Waals surface area contributed by atoms with Crippen LogP contribution >= 0.6 is 0 Å². The molecule has 0 aliphatic rings. The molecule has 0 radical (unpaired) electrons. The number of benzene rings is 1. The first-order chi connectivity index (χ1) is 7.53. The molecule has 6 heteroatoms. The summed E-state index contributed by atoms with van der Waals surface area (Å²) in [5, 5.41) is 0. The zero-order chi connectivity index (χ0) is 12.0. The number of sulfonamides is 1. The van der Waals surface area contributed by atoms with Gasteiger partial charge in [-0.15, -0.1) is 0 Å². The van der Waals surface area contributed by atoms with E-state index in [4.69, 9.17) is 0 Å². The van der Waals surface area contributed by atoms with Crippen LogP contribution in [0.15, 0.2) is 30.3 Å². The number of carbonyl (C=O) groups is 1. The van der Waals surface area contributed by atoms with Crippen molar-refractivity contribution in [1.29, 1.82) is 0 Å². The van der Waals surface area contributed by atoms with Gasteiger partial charge in [0, 0.05) is 0 Å². The normalized spacial score (nSPS) is 11.1. The molecular weight excluding hydrogens is 230 g/mol. The van der Waals surface area contributed by atoms with E-state index in [0.717, 1.165) is 0 Å². The molecule has 1 rings (SSSR count). The van der Waals surface area contributed by atoms with Gasteiger partial charge in [0.05, 0.1) is 12.9 Å². The molecule has 0 bridgehead atoms. The lowest BCUT2D eigenvalue weighted by Crippen LogP contribution is -2.31. The molecule has 0 spiro atoms. The van der Waals surface area contributed by atoms with Crippen LogP contribution in [0.2, 0.25) is 0 Å². The van der Waals surface area contributed by atoms with Gasteiger partial charge in [-0.1, -0.05) is 30.3 Å². The monoisotopic (exact) mass is 243 g/mol. The van der Waals surface area contributed by atoms with E-state index in [1.54, 1.807) is 30.3 Å². The second kappa shape index (κ2) is 5.62. The van der Waals surface area contributed by atoms with Gasteiger partial charge in [0.1, 0.15) is 6.54 Å². The second-order valence-electron chi connectivity index (χ2n) is 3.14. The Morgan fingerprint density at radius 1 is 1.31 bits per heavy atom. The summed E-state index contributed by atoms with van der Waals surface area (Å²) in [7, 11) is -2.29. The van der Waals surface area contributed by atoms with Crippen LogP contribution in [0, 0.1) is 0 Å². The fourth-order valence-electron chi connectivity index (χ4n) is 1.09. The smallest absolute Gasteiger partial charge is 0.320 e. The molecule has 0 aliphatic carbocycles. The molecular formula is C10H13NO4S. The lowest BCUT2D eigenvalue weighted by molar-refractivity contribution is -0.139. The number of carbonyl (C=O) groups excluding carboxylic acids is 1. The lowest BCUT2D eigenvalue weighted by Gasteiger charge is -2.05. The van der Waals surface area contributed by atoms with Crippen molar-refractivity contribution in [2.75, 3.05) is 13.7 Å². The molecule has 0 atom stereocenters. The van der Waals surface area contributed by atoms with Crippen molar-refractivity contribution in [3.63, 3.8) is 0 Å². The van der Waals surface area contributed by atoms with E-state index in [1.165, 1.54) is 7.11 Å². The second-order valence-corrected chi connectivity index (χ2v) is 4.95. The Labute approximate surface area is 94.5 Å². The molecule has 0 amide bonds. The van der Waals surface area contributed by atoms with E-state index in [9.17, 15) is 13.2 Å². The highest BCUT2D eigenvalue weighted by Gasteiger charge is 2.12. The third kappa shape index (κ3) is 4.41. The Bertz CT molecular complexity index is 441. The van der Waals surface area contributed by atoms with Crippen LogP contribution in [-0.4, -0.2) is 28.0 Å². The van der Waals surface area contributed by atoms with E-state index >= 15 is 0 Å². The summed E-state index contributed by atoms with van der Waals surface area (Å²) < 4.78 is 29.5. The summed E-state index contributed by atoms with van der Waals surface area (Å²) in [6.07, 6.45) is 0. The number of hydrogen-bond acceptors (Lipinski definition) is 4. The Hall–Kier alpha value is -1.40. The number of hydrogen-bond donors (Lipinski definition) is 1. The van der Waals surface area contributed by atoms with Crippen molar-refractivity contribution in [3.05, 3.63) is 35.9 Å². The molecule has 0 unspecified atom stereocenters. The molecule has 88 valence electrons. The van der Waals surface area contributed by atoms with Crippen LogP contribution in [0.25, 0.3) is 0 Å². The minimum Gasteiger partial charge on any atom is -0.468 e. The first-order valence-corrected chi connectivity index (χ1v) is 6.27. The van der Waals surface area contributed by atoms with Gasteiger partial charge in [-0.3, -0.25) is 4.79 Å². The highest BCUT2D eigenvalue weighted by molar-refractivity contribution is 7.88. The molecule has 0 aromatic heterocycles. The Morgan fingerprint density at radius 2 is 1.94 bits per heavy atom. The van der Waals surface area contributed by atoms with Gasteiger partial charge < -0.3 is 4.74 Å². The van der Waals surface area contributed by atoms with Gasteiger partial charge in [0.2, 0.25) is 10.0 Å². The molecule has 0 aliphatic heterocycles. The molecule has 0 saturated carbocycles. The van der Waals surface area contributed by atoms with Crippen molar-refractivity contribution < 1.29 is 17.9 Å². The fourth-order valence-corrected chi connectivity index (χ4v) is 2.16. The average molecular weight is 243 g/mol. The van der Waals surface area contributed by atoms with Gasteiger partial charge in [-0.2, -0.15) is 0 Å². The van der Waals surface area contributed by atoms with Crippen molar-refractivity contribution >= 4 is 16.0 Å².